The molecule has 4 heteroatoms. The fourth-order valence-electron chi connectivity index (χ4n) is 2.65. The largest absolute Gasteiger partial charge is 1.00 e. The molecule has 0 aliphatic heterocycles. The minimum atomic E-state index is -0.299. The van der Waals surface area contributed by atoms with Crippen molar-refractivity contribution in [1.82, 2.24) is 0 Å². The van der Waals surface area contributed by atoms with Gasteiger partial charge in [-0.25, -0.2) is 4.79 Å². The number of halogens is 1. The number of esters is 1. The third-order valence-electron chi connectivity index (χ3n) is 4.34. The van der Waals surface area contributed by atoms with Crippen LogP contribution in [0.15, 0.2) is 42.5 Å². The summed E-state index contributed by atoms with van der Waals surface area (Å²) in [6.07, 6.45) is 0. The summed E-state index contributed by atoms with van der Waals surface area (Å²) in [4.78, 5) is 11.6. The maximum atomic E-state index is 11.6. The zero-order valence-corrected chi connectivity index (χ0v) is 14.9. The Balaban J connectivity index is 0.00000441. The van der Waals surface area contributed by atoms with Crippen molar-refractivity contribution >= 4 is 5.97 Å². The summed E-state index contributed by atoms with van der Waals surface area (Å²) in [6, 6.07) is 10.7. The van der Waals surface area contributed by atoms with E-state index in [1.165, 1.54) is 5.56 Å². The monoisotopic (exact) mass is 325 g/mol. The van der Waals surface area contributed by atoms with Crippen LogP contribution in [0.3, 0.4) is 0 Å². The van der Waals surface area contributed by atoms with Gasteiger partial charge in [0.05, 0.1) is 13.1 Å². The first-order valence-electron chi connectivity index (χ1n) is 7.67. The highest BCUT2D eigenvalue weighted by Gasteiger charge is 2.31. The normalized spacial score (nSPS) is 12.2. The van der Waals surface area contributed by atoms with E-state index in [1.54, 1.807) is 6.92 Å². The average molecular weight is 326 g/mol. The van der Waals surface area contributed by atoms with Crippen LogP contribution in [0.25, 0.3) is 0 Å². The van der Waals surface area contributed by atoms with Crippen molar-refractivity contribution in [3.63, 3.8) is 0 Å². The first-order chi connectivity index (χ1) is 9.95. The maximum absolute atomic E-state index is 11.6. The van der Waals surface area contributed by atoms with Gasteiger partial charge in [-0.2, -0.15) is 0 Å². The zero-order valence-electron chi connectivity index (χ0n) is 14.1. The van der Waals surface area contributed by atoms with E-state index in [1.807, 2.05) is 6.07 Å². The number of quaternary nitrogens is 1. The van der Waals surface area contributed by atoms with Crippen LogP contribution in [-0.2, 0) is 16.1 Å². The van der Waals surface area contributed by atoms with Crippen LogP contribution in [0.2, 0.25) is 0 Å². The molecule has 3 nitrogen and oxygen atoms in total. The van der Waals surface area contributed by atoms with Crippen molar-refractivity contribution in [2.24, 2.45) is 0 Å². The van der Waals surface area contributed by atoms with E-state index in [2.05, 4.69) is 51.6 Å². The molecule has 0 heterocycles. The minimum absolute atomic E-state index is 0. The van der Waals surface area contributed by atoms with Crippen LogP contribution < -0.4 is 12.4 Å². The number of rotatable bonds is 8. The van der Waals surface area contributed by atoms with Gasteiger partial charge >= 0.3 is 5.97 Å². The average Bonchev–Trinajstić information content (AvgIpc) is 2.50. The van der Waals surface area contributed by atoms with Crippen LogP contribution in [0.1, 0.15) is 33.3 Å². The van der Waals surface area contributed by atoms with Gasteiger partial charge in [-0.3, -0.25) is 0 Å². The van der Waals surface area contributed by atoms with E-state index in [0.29, 0.717) is 12.2 Å². The lowest BCUT2D eigenvalue weighted by Crippen LogP contribution is -3.00. The number of nitrogens with zero attached hydrogens (tertiary/aromatic N) is 1. The fraction of sp³-hybridized carbons (Fsp3) is 0.500. The van der Waals surface area contributed by atoms with Crippen molar-refractivity contribution < 1.29 is 26.4 Å². The Morgan fingerprint density at radius 2 is 1.77 bits per heavy atom. The van der Waals surface area contributed by atoms with Gasteiger partial charge in [0.15, 0.2) is 0 Å². The van der Waals surface area contributed by atoms with Crippen LogP contribution in [0.4, 0.5) is 0 Å². The molecule has 1 unspecified atom stereocenters. The van der Waals surface area contributed by atoms with Gasteiger partial charge in [-0.15, -0.1) is 0 Å². The molecule has 0 saturated carbocycles. The van der Waals surface area contributed by atoms with Gasteiger partial charge in [0, 0.05) is 11.1 Å². The molecule has 0 aliphatic carbocycles. The molecular weight excluding hydrogens is 298 g/mol. The molecule has 1 aromatic carbocycles. The molecule has 0 bridgehead atoms. The zero-order chi connectivity index (χ0) is 15.9. The summed E-state index contributed by atoms with van der Waals surface area (Å²) in [7, 11) is 0. The molecule has 1 aromatic rings. The first kappa shape index (κ1) is 20.7. The molecule has 0 radical (unpaired) electrons. The van der Waals surface area contributed by atoms with Crippen molar-refractivity contribution in [3.8, 4) is 0 Å². The van der Waals surface area contributed by atoms with Gasteiger partial charge in [-0.1, -0.05) is 36.9 Å². The summed E-state index contributed by atoms with van der Waals surface area (Å²) < 4.78 is 6.27. The van der Waals surface area contributed by atoms with Crippen molar-refractivity contribution in [2.75, 3.05) is 19.7 Å². The summed E-state index contributed by atoms with van der Waals surface area (Å²) >= 11 is 0. The molecule has 0 aromatic heterocycles. The molecule has 1 rings (SSSR count). The lowest BCUT2D eigenvalue weighted by molar-refractivity contribution is -0.959. The van der Waals surface area contributed by atoms with E-state index in [4.69, 9.17) is 4.74 Å². The van der Waals surface area contributed by atoms with E-state index in [0.717, 1.165) is 24.1 Å². The Labute approximate surface area is 141 Å². The van der Waals surface area contributed by atoms with Gasteiger partial charge in [0.2, 0.25) is 0 Å². The second-order valence-corrected chi connectivity index (χ2v) is 5.72. The third-order valence-corrected chi connectivity index (χ3v) is 4.34. The summed E-state index contributed by atoms with van der Waals surface area (Å²) in [6.45, 7) is 15.3. The van der Waals surface area contributed by atoms with Crippen LogP contribution in [0.5, 0.6) is 0 Å². The number of likely N-dealkylation sites (N-methyl/N-ethyl adjacent to an activating group) is 1. The lowest BCUT2D eigenvalue weighted by atomic mass is 10.1. The highest BCUT2D eigenvalue weighted by Crippen LogP contribution is 2.20. The van der Waals surface area contributed by atoms with Crippen molar-refractivity contribution in [1.29, 1.82) is 0 Å². The Kier molecular flexibility index (Phi) is 9.07. The summed E-state index contributed by atoms with van der Waals surface area (Å²) in [5.74, 6) is -0.299. The Bertz CT molecular complexity index is 469. The van der Waals surface area contributed by atoms with E-state index >= 15 is 0 Å². The Hall–Kier alpha value is -1.32. The number of hydrogen-bond donors (Lipinski definition) is 0. The molecule has 22 heavy (non-hydrogen) atoms. The Morgan fingerprint density at radius 3 is 2.23 bits per heavy atom. The molecule has 0 N–H and O–H groups in total. The molecule has 0 fully saturated rings. The van der Waals surface area contributed by atoms with Crippen LogP contribution in [0, 0.1) is 0 Å². The fourth-order valence-corrected chi connectivity index (χ4v) is 2.65. The smallest absolute Gasteiger partial charge is 0.333 e. The maximum Gasteiger partial charge on any atom is 0.333 e. The standard InChI is InChI=1S/C18H28NO2.ClH/c1-6-19(7-2,13-17-11-9-8-10-12-17)16(5)14-21-18(20)15(3)4;/h8-12,16H,3,6-7,13-14H2,1-2,4-5H3;1H/q+1;/p-1. The topological polar surface area (TPSA) is 26.3 Å². The van der Waals surface area contributed by atoms with Gasteiger partial charge in [-0.05, 0) is 27.7 Å². The van der Waals surface area contributed by atoms with Gasteiger partial charge in [0.1, 0.15) is 19.2 Å². The molecule has 124 valence electrons. The number of carbonyl (C=O) groups is 1. The summed E-state index contributed by atoms with van der Waals surface area (Å²) in [5.41, 5.74) is 1.77. The van der Waals surface area contributed by atoms with E-state index in [-0.39, 0.29) is 24.4 Å². The molecular formula is C18H28ClNO2. The third kappa shape index (κ3) is 5.47. The number of hydrogen-bond acceptors (Lipinski definition) is 2. The number of carbonyl (C=O) groups excluding carboxylic acids is 1. The first-order valence-corrected chi connectivity index (χ1v) is 7.67. The quantitative estimate of drug-likeness (QED) is 0.396. The number of benzene rings is 1. The Morgan fingerprint density at radius 1 is 1.23 bits per heavy atom. The SMILES string of the molecule is C=C(C)C(=O)OCC(C)[N+](CC)(CC)Cc1ccccc1.[Cl-]. The second kappa shape index (κ2) is 9.65. The van der Waals surface area contributed by atoms with Gasteiger partial charge in [0.25, 0.3) is 0 Å². The molecule has 0 saturated heterocycles. The molecule has 0 spiro atoms. The second-order valence-electron chi connectivity index (χ2n) is 5.72. The predicted molar refractivity (Wildman–Crippen MR) is 86.7 cm³/mol. The van der Waals surface area contributed by atoms with Crippen molar-refractivity contribution in [3.05, 3.63) is 48.0 Å². The number of ether oxygens (including phenoxy) is 1. The molecule has 1 atom stereocenters. The van der Waals surface area contributed by atoms with E-state index in [9.17, 15) is 4.79 Å². The predicted octanol–water partition coefficient (Wildman–Crippen LogP) is 0.555. The lowest BCUT2D eigenvalue weighted by Gasteiger charge is -2.42. The van der Waals surface area contributed by atoms with Crippen molar-refractivity contribution in [2.45, 2.75) is 40.3 Å². The highest BCUT2D eigenvalue weighted by atomic mass is 35.5. The van der Waals surface area contributed by atoms with Gasteiger partial charge < -0.3 is 21.6 Å². The van der Waals surface area contributed by atoms with Crippen LogP contribution >= 0.6 is 0 Å². The van der Waals surface area contributed by atoms with Crippen LogP contribution in [-0.4, -0.2) is 36.2 Å². The molecule has 0 amide bonds. The highest BCUT2D eigenvalue weighted by molar-refractivity contribution is 5.86. The minimum Gasteiger partial charge on any atom is -1.00 e. The van der Waals surface area contributed by atoms with E-state index < -0.39 is 0 Å². The molecule has 0 aliphatic rings. The summed E-state index contributed by atoms with van der Waals surface area (Å²) in [5, 5.41) is 0.